The number of carboxylic acids is 1. The average molecular weight is 220 g/mol. The van der Waals surface area contributed by atoms with Gasteiger partial charge < -0.3 is 5.11 Å². The largest absolute Gasteiger partial charge is 0.475 e. The molecule has 0 aliphatic rings. The Morgan fingerprint density at radius 1 is 1.19 bits per heavy atom. The highest BCUT2D eigenvalue weighted by Crippen LogP contribution is 2.24. The Hall–Kier alpha value is -1.64. The topological polar surface area (TPSA) is 54.4 Å². The summed E-state index contributed by atoms with van der Waals surface area (Å²) in [5.74, 6) is -2.25. The zero-order valence-electron chi connectivity index (χ0n) is 10.00. The van der Waals surface area contributed by atoms with E-state index in [1.54, 1.807) is 19.1 Å². The molecule has 1 rings (SSSR count). The number of rotatable bonds is 2. The van der Waals surface area contributed by atoms with Gasteiger partial charge in [0, 0.05) is 5.56 Å². The fraction of sp³-hybridized carbons (Fsp3) is 0.385. The molecule has 1 aromatic carbocycles. The molecule has 0 saturated heterocycles. The van der Waals surface area contributed by atoms with Crippen molar-refractivity contribution >= 4 is 11.8 Å². The highest BCUT2D eigenvalue weighted by atomic mass is 16.4. The van der Waals surface area contributed by atoms with Gasteiger partial charge >= 0.3 is 5.97 Å². The number of hydrogen-bond donors (Lipinski definition) is 1. The van der Waals surface area contributed by atoms with Crippen molar-refractivity contribution in [2.75, 3.05) is 0 Å². The molecule has 0 spiro atoms. The third kappa shape index (κ3) is 2.48. The molecule has 1 N–H and O–H groups in total. The lowest BCUT2D eigenvalue weighted by Gasteiger charge is -2.20. The highest BCUT2D eigenvalue weighted by molar-refractivity contribution is 6.40. The number of hydrogen-bond acceptors (Lipinski definition) is 2. The lowest BCUT2D eigenvalue weighted by Crippen LogP contribution is -2.17. The molecule has 0 amide bonds. The van der Waals surface area contributed by atoms with Gasteiger partial charge in [0.15, 0.2) is 0 Å². The summed E-state index contributed by atoms with van der Waals surface area (Å²) < 4.78 is 0. The van der Waals surface area contributed by atoms with Gasteiger partial charge in [0.1, 0.15) is 0 Å². The van der Waals surface area contributed by atoms with E-state index < -0.39 is 11.8 Å². The standard InChI is InChI=1S/C13H16O3/c1-8-5-6-9(13(2,3)4)7-10(8)11(14)12(15)16/h5-7H,1-4H3,(H,15,16). The predicted octanol–water partition coefficient (Wildman–Crippen LogP) is 2.56. The first kappa shape index (κ1) is 12.4. The number of benzene rings is 1. The molecule has 1 aromatic rings. The van der Waals surface area contributed by atoms with Crippen molar-refractivity contribution in [1.82, 2.24) is 0 Å². The van der Waals surface area contributed by atoms with Crippen LogP contribution in [0.15, 0.2) is 18.2 Å². The Morgan fingerprint density at radius 2 is 1.75 bits per heavy atom. The van der Waals surface area contributed by atoms with Gasteiger partial charge in [-0.15, -0.1) is 0 Å². The predicted molar refractivity (Wildman–Crippen MR) is 61.8 cm³/mol. The average Bonchev–Trinajstić information content (AvgIpc) is 2.15. The van der Waals surface area contributed by atoms with E-state index in [0.717, 1.165) is 5.56 Å². The van der Waals surface area contributed by atoms with Gasteiger partial charge in [-0.25, -0.2) is 4.79 Å². The van der Waals surface area contributed by atoms with Gasteiger partial charge in [0.2, 0.25) is 0 Å². The van der Waals surface area contributed by atoms with Crippen molar-refractivity contribution < 1.29 is 14.7 Å². The second-order valence-corrected chi connectivity index (χ2v) is 4.91. The van der Waals surface area contributed by atoms with Gasteiger partial charge in [0.05, 0.1) is 0 Å². The van der Waals surface area contributed by atoms with E-state index in [0.29, 0.717) is 5.56 Å². The van der Waals surface area contributed by atoms with Crippen molar-refractivity contribution in [2.45, 2.75) is 33.1 Å². The van der Waals surface area contributed by atoms with Gasteiger partial charge in [-0.2, -0.15) is 0 Å². The monoisotopic (exact) mass is 220 g/mol. The minimum Gasteiger partial charge on any atom is -0.475 e. The summed E-state index contributed by atoms with van der Waals surface area (Å²) in [6.07, 6.45) is 0. The van der Waals surface area contributed by atoms with E-state index in [9.17, 15) is 9.59 Å². The second-order valence-electron chi connectivity index (χ2n) is 4.91. The Morgan fingerprint density at radius 3 is 2.19 bits per heavy atom. The molecule has 0 atom stereocenters. The van der Waals surface area contributed by atoms with E-state index in [4.69, 9.17) is 5.11 Å². The van der Waals surface area contributed by atoms with E-state index in [1.165, 1.54) is 0 Å². The highest BCUT2D eigenvalue weighted by Gasteiger charge is 2.20. The molecule has 0 fully saturated rings. The Labute approximate surface area is 95.1 Å². The summed E-state index contributed by atoms with van der Waals surface area (Å²) in [6, 6.07) is 5.39. The smallest absolute Gasteiger partial charge is 0.377 e. The lowest BCUT2D eigenvalue weighted by atomic mass is 9.85. The van der Waals surface area contributed by atoms with Crippen LogP contribution in [-0.4, -0.2) is 16.9 Å². The number of aryl methyl sites for hydroxylation is 1. The van der Waals surface area contributed by atoms with Crippen molar-refractivity contribution in [3.63, 3.8) is 0 Å². The summed E-state index contributed by atoms with van der Waals surface area (Å²) in [5.41, 5.74) is 1.84. The summed E-state index contributed by atoms with van der Waals surface area (Å²) >= 11 is 0. The molecule has 0 unspecified atom stereocenters. The minimum atomic E-state index is -1.41. The van der Waals surface area contributed by atoms with Crippen molar-refractivity contribution in [1.29, 1.82) is 0 Å². The first-order valence-corrected chi connectivity index (χ1v) is 5.12. The Kier molecular flexibility index (Phi) is 3.17. The van der Waals surface area contributed by atoms with Gasteiger partial charge in [-0.1, -0.05) is 32.9 Å². The van der Waals surface area contributed by atoms with E-state index >= 15 is 0 Å². The van der Waals surface area contributed by atoms with Crippen LogP contribution in [0.25, 0.3) is 0 Å². The summed E-state index contributed by atoms with van der Waals surface area (Å²) in [5, 5.41) is 8.70. The summed E-state index contributed by atoms with van der Waals surface area (Å²) in [6.45, 7) is 7.80. The third-order valence-corrected chi connectivity index (χ3v) is 2.54. The van der Waals surface area contributed by atoms with Crippen LogP contribution in [0.2, 0.25) is 0 Å². The summed E-state index contributed by atoms with van der Waals surface area (Å²) in [7, 11) is 0. The number of carbonyl (C=O) groups is 2. The molecular formula is C13H16O3. The van der Waals surface area contributed by atoms with Crippen molar-refractivity contribution in [3.8, 4) is 0 Å². The van der Waals surface area contributed by atoms with Crippen LogP contribution >= 0.6 is 0 Å². The first-order valence-electron chi connectivity index (χ1n) is 5.12. The maximum Gasteiger partial charge on any atom is 0.377 e. The molecule has 0 bridgehead atoms. The maximum absolute atomic E-state index is 11.4. The van der Waals surface area contributed by atoms with Crippen molar-refractivity contribution in [3.05, 3.63) is 34.9 Å². The molecule has 0 saturated carbocycles. The van der Waals surface area contributed by atoms with Crippen LogP contribution in [0.3, 0.4) is 0 Å². The third-order valence-electron chi connectivity index (χ3n) is 2.54. The number of aliphatic carboxylic acids is 1. The van der Waals surface area contributed by atoms with Gasteiger partial charge in [-0.3, -0.25) is 4.79 Å². The summed E-state index contributed by atoms with van der Waals surface area (Å²) in [4.78, 5) is 22.1. The molecular weight excluding hydrogens is 204 g/mol. The fourth-order valence-electron chi connectivity index (χ4n) is 1.45. The molecule has 3 nitrogen and oxygen atoms in total. The minimum absolute atomic E-state index is 0.0960. The maximum atomic E-state index is 11.4. The quantitative estimate of drug-likeness (QED) is 0.615. The molecule has 16 heavy (non-hydrogen) atoms. The zero-order chi connectivity index (χ0) is 12.5. The first-order chi connectivity index (χ1) is 7.23. The lowest BCUT2D eigenvalue weighted by molar-refractivity contribution is -0.131. The van der Waals surface area contributed by atoms with Crippen molar-refractivity contribution in [2.24, 2.45) is 0 Å². The molecule has 3 heteroatoms. The number of ketones is 1. The van der Waals surface area contributed by atoms with E-state index in [-0.39, 0.29) is 11.0 Å². The van der Waals surface area contributed by atoms with E-state index in [1.807, 2.05) is 26.8 Å². The van der Waals surface area contributed by atoms with Crippen LogP contribution < -0.4 is 0 Å². The van der Waals surface area contributed by atoms with Crippen LogP contribution in [0.1, 0.15) is 42.3 Å². The molecule has 0 heterocycles. The molecule has 0 aliphatic heterocycles. The Bertz CT molecular complexity index is 439. The molecule has 0 aromatic heterocycles. The van der Waals surface area contributed by atoms with Gasteiger partial charge in [-0.05, 0) is 29.5 Å². The Balaban J connectivity index is 3.30. The van der Waals surface area contributed by atoms with Crippen LogP contribution in [0.5, 0.6) is 0 Å². The van der Waals surface area contributed by atoms with Gasteiger partial charge in [0.25, 0.3) is 5.78 Å². The SMILES string of the molecule is Cc1ccc(C(C)(C)C)cc1C(=O)C(=O)O. The molecule has 0 aliphatic carbocycles. The van der Waals surface area contributed by atoms with Crippen LogP contribution in [0.4, 0.5) is 0 Å². The second kappa shape index (κ2) is 4.08. The van der Waals surface area contributed by atoms with Crippen LogP contribution in [-0.2, 0) is 10.2 Å². The van der Waals surface area contributed by atoms with Crippen LogP contribution in [0, 0.1) is 6.92 Å². The molecule has 86 valence electrons. The zero-order valence-corrected chi connectivity index (χ0v) is 10.00. The number of carboxylic acid groups (broad SMARTS) is 1. The molecule has 0 radical (unpaired) electrons. The van der Waals surface area contributed by atoms with E-state index in [2.05, 4.69) is 0 Å². The number of Topliss-reactive ketones (excluding diaryl/α,β-unsaturated/α-hetero) is 1. The normalized spacial score (nSPS) is 11.2. The fourth-order valence-corrected chi connectivity index (χ4v) is 1.45. The number of carbonyl (C=O) groups excluding carboxylic acids is 1.